The second kappa shape index (κ2) is 5.05. The predicted octanol–water partition coefficient (Wildman–Crippen LogP) is 2.25. The first-order valence-corrected chi connectivity index (χ1v) is 6.68. The molecule has 4 heteroatoms. The van der Waals surface area contributed by atoms with Crippen molar-refractivity contribution in [2.45, 2.75) is 18.4 Å². The molecule has 2 atom stereocenters. The van der Waals surface area contributed by atoms with Crippen molar-refractivity contribution >= 4 is 0 Å². The number of hydrogen-bond acceptors (Lipinski definition) is 3. The standard InChI is InChI=1S/C15H19N3O/c1-16-15(13-7-9-18(2)17-13)12-8-10-19-14-6-4-3-5-11(12)14/h3-7,9,12,15-16H,8,10H2,1-2H3. The summed E-state index contributed by atoms with van der Waals surface area (Å²) < 4.78 is 7.59. The van der Waals surface area contributed by atoms with Crippen LogP contribution in [0.4, 0.5) is 0 Å². The number of para-hydroxylation sites is 1. The van der Waals surface area contributed by atoms with Crippen LogP contribution < -0.4 is 10.1 Å². The second-order valence-corrected chi connectivity index (χ2v) is 4.96. The first kappa shape index (κ1) is 12.2. The Bertz CT molecular complexity index is 564. The maximum atomic E-state index is 5.74. The molecule has 4 nitrogen and oxygen atoms in total. The minimum Gasteiger partial charge on any atom is -0.493 e. The summed E-state index contributed by atoms with van der Waals surface area (Å²) >= 11 is 0. The molecule has 2 unspecified atom stereocenters. The fourth-order valence-corrected chi connectivity index (χ4v) is 2.87. The summed E-state index contributed by atoms with van der Waals surface area (Å²) in [5.74, 6) is 1.42. The van der Waals surface area contributed by atoms with Crippen LogP contribution in [0.1, 0.15) is 29.6 Å². The summed E-state index contributed by atoms with van der Waals surface area (Å²) in [5, 5.41) is 7.95. The summed E-state index contributed by atoms with van der Waals surface area (Å²) in [6.45, 7) is 0.771. The molecule has 0 spiro atoms. The zero-order valence-corrected chi connectivity index (χ0v) is 11.3. The molecular weight excluding hydrogens is 238 g/mol. The second-order valence-electron chi connectivity index (χ2n) is 4.96. The summed E-state index contributed by atoms with van der Waals surface area (Å²) in [4.78, 5) is 0. The lowest BCUT2D eigenvalue weighted by atomic mass is 9.85. The predicted molar refractivity (Wildman–Crippen MR) is 74.3 cm³/mol. The fraction of sp³-hybridized carbons (Fsp3) is 0.400. The number of ether oxygens (including phenoxy) is 1. The van der Waals surface area contributed by atoms with E-state index in [9.17, 15) is 0 Å². The van der Waals surface area contributed by atoms with E-state index in [-0.39, 0.29) is 6.04 Å². The van der Waals surface area contributed by atoms with Crippen LogP contribution in [0.3, 0.4) is 0 Å². The van der Waals surface area contributed by atoms with Crippen LogP contribution >= 0.6 is 0 Å². The molecule has 1 aromatic carbocycles. The van der Waals surface area contributed by atoms with Crippen molar-refractivity contribution in [2.24, 2.45) is 7.05 Å². The lowest BCUT2D eigenvalue weighted by molar-refractivity contribution is 0.247. The van der Waals surface area contributed by atoms with Gasteiger partial charge in [-0.2, -0.15) is 5.10 Å². The van der Waals surface area contributed by atoms with Gasteiger partial charge in [-0.05, 0) is 31.2 Å². The van der Waals surface area contributed by atoms with Gasteiger partial charge in [-0.3, -0.25) is 4.68 Å². The Morgan fingerprint density at radius 2 is 2.21 bits per heavy atom. The number of hydrogen-bond donors (Lipinski definition) is 1. The topological polar surface area (TPSA) is 39.1 Å². The molecule has 1 aliphatic rings. The van der Waals surface area contributed by atoms with Crippen LogP contribution in [0.5, 0.6) is 5.75 Å². The van der Waals surface area contributed by atoms with Crippen molar-refractivity contribution in [3.63, 3.8) is 0 Å². The molecule has 3 rings (SSSR count). The lowest BCUT2D eigenvalue weighted by Crippen LogP contribution is -2.28. The molecule has 1 N–H and O–H groups in total. The SMILES string of the molecule is CNC(c1ccn(C)n1)C1CCOc2ccccc21. The average molecular weight is 257 g/mol. The Morgan fingerprint density at radius 3 is 2.95 bits per heavy atom. The minimum absolute atomic E-state index is 0.228. The fourth-order valence-electron chi connectivity index (χ4n) is 2.87. The van der Waals surface area contributed by atoms with Crippen molar-refractivity contribution in [3.8, 4) is 5.75 Å². The van der Waals surface area contributed by atoms with E-state index >= 15 is 0 Å². The van der Waals surface area contributed by atoms with Crippen LogP contribution in [-0.2, 0) is 7.05 Å². The highest BCUT2D eigenvalue weighted by atomic mass is 16.5. The van der Waals surface area contributed by atoms with E-state index in [2.05, 4.69) is 28.6 Å². The van der Waals surface area contributed by atoms with Gasteiger partial charge in [-0.1, -0.05) is 18.2 Å². The molecule has 100 valence electrons. The van der Waals surface area contributed by atoms with Gasteiger partial charge in [0.05, 0.1) is 18.3 Å². The first-order chi connectivity index (χ1) is 9.29. The van der Waals surface area contributed by atoms with Crippen LogP contribution in [0.25, 0.3) is 0 Å². The molecule has 1 aliphatic heterocycles. The maximum Gasteiger partial charge on any atom is 0.122 e. The van der Waals surface area contributed by atoms with Crippen molar-refractivity contribution in [2.75, 3.05) is 13.7 Å². The molecule has 2 heterocycles. The normalized spacial score (nSPS) is 19.6. The van der Waals surface area contributed by atoms with Gasteiger partial charge >= 0.3 is 0 Å². The summed E-state index contributed by atoms with van der Waals surface area (Å²) in [5.41, 5.74) is 2.37. The van der Waals surface area contributed by atoms with E-state index in [4.69, 9.17) is 4.74 Å². The van der Waals surface area contributed by atoms with Gasteiger partial charge in [-0.15, -0.1) is 0 Å². The molecule has 0 saturated carbocycles. The Hall–Kier alpha value is -1.81. The minimum atomic E-state index is 0.228. The van der Waals surface area contributed by atoms with Gasteiger partial charge in [0, 0.05) is 19.2 Å². The quantitative estimate of drug-likeness (QED) is 0.916. The monoisotopic (exact) mass is 257 g/mol. The molecule has 2 aromatic rings. The molecule has 19 heavy (non-hydrogen) atoms. The van der Waals surface area contributed by atoms with E-state index < -0.39 is 0 Å². The molecule has 0 fully saturated rings. The van der Waals surface area contributed by atoms with Crippen molar-refractivity contribution in [1.82, 2.24) is 15.1 Å². The summed E-state index contributed by atoms with van der Waals surface area (Å²) in [6.07, 6.45) is 3.00. The lowest BCUT2D eigenvalue weighted by Gasteiger charge is -2.31. The first-order valence-electron chi connectivity index (χ1n) is 6.68. The maximum absolute atomic E-state index is 5.74. The largest absolute Gasteiger partial charge is 0.493 e. The van der Waals surface area contributed by atoms with Crippen LogP contribution in [0.15, 0.2) is 36.5 Å². The Labute approximate surface area is 113 Å². The smallest absolute Gasteiger partial charge is 0.122 e. The summed E-state index contributed by atoms with van der Waals surface area (Å²) in [6, 6.07) is 10.6. The average Bonchev–Trinajstić information content (AvgIpc) is 2.86. The molecule has 0 bridgehead atoms. The van der Waals surface area contributed by atoms with E-state index in [1.54, 1.807) is 0 Å². The van der Waals surface area contributed by atoms with Gasteiger partial charge in [0.2, 0.25) is 0 Å². The van der Waals surface area contributed by atoms with E-state index in [0.717, 1.165) is 24.5 Å². The molecular formula is C15H19N3O. The zero-order chi connectivity index (χ0) is 13.2. The number of nitrogens with zero attached hydrogens (tertiary/aromatic N) is 2. The molecule has 0 radical (unpaired) electrons. The van der Waals surface area contributed by atoms with Gasteiger partial charge in [0.1, 0.15) is 5.75 Å². The van der Waals surface area contributed by atoms with Crippen molar-refractivity contribution < 1.29 is 4.74 Å². The Morgan fingerprint density at radius 1 is 1.37 bits per heavy atom. The van der Waals surface area contributed by atoms with Gasteiger partial charge in [0.15, 0.2) is 0 Å². The number of likely N-dealkylation sites (N-methyl/N-ethyl adjacent to an activating group) is 1. The van der Waals surface area contributed by atoms with Crippen LogP contribution in [0.2, 0.25) is 0 Å². The Kier molecular flexibility index (Phi) is 3.25. The number of rotatable bonds is 3. The third kappa shape index (κ3) is 2.24. The molecule has 1 aromatic heterocycles. The highest BCUT2D eigenvalue weighted by Crippen LogP contribution is 2.40. The van der Waals surface area contributed by atoms with Crippen LogP contribution in [-0.4, -0.2) is 23.4 Å². The number of fused-ring (bicyclic) bond motifs is 1. The Balaban J connectivity index is 1.97. The van der Waals surface area contributed by atoms with Crippen molar-refractivity contribution in [1.29, 1.82) is 0 Å². The molecule has 0 aliphatic carbocycles. The molecule has 0 saturated heterocycles. The molecule has 0 amide bonds. The van der Waals surface area contributed by atoms with E-state index in [1.807, 2.05) is 37.1 Å². The summed E-state index contributed by atoms with van der Waals surface area (Å²) in [7, 11) is 3.95. The van der Waals surface area contributed by atoms with E-state index in [0.29, 0.717) is 5.92 Å². The number of benzene rings is 1. The highest BCUT2D eigenvalue weighted by Gasteiger charge is 2.30. The van der Waals surface area contributed by atoms with Gasteiger partial charge in [-0.25, -0.2) is 0 Å². The third-order valence-corrected chi connectivity index (χ3v) is 3.77. The van der Waals surface area contributed by atoms with E-state index in [1.165, 1.54) is 5.56 Å². The third-order valence-electron chi connectivity index (χ3n) is 3.77. The van der Waals surface area contributed by atoms with Crippen LogP contribution in [0, 0.1) is 0 Å². The van der Waals surface area contributed by atoms with Gasteiger partial charge < -0.3 is 10.1 Å². The number of aryl methyl sites for hydroxylation is 1. The van der Waals surface area contributed by atoms with Crippen molar-refractivity contribution in [3.05, 3.63) is 47.8 Å². The van der Waals surface area contributed by atoms with Gasteiger partial charge in [0.25, 0.3) is 0 Å². The number of nitrogens with one attached hydrogen (secondary N) is 1. The zero-order valence-electron chi connectivity index (χ0n) is 11.3. The number of aromatic nitrogens is 2. The highest BCUT2D eigenvalue weighted by molar-refractivity contribution is 5.39.